The smallest absolute Gasteiger partial charge is 0.336 e. The van der Waals surface area contributed by atoms with Crippen molar-refractivity contribution >= 4 is 11.9 Å². The molecule has 0 saturated carbocycles. The quantitative estimate of drug-likeness (QED) is 0.776. The van der Waals surface area contributed by atoms with E-state index in [1.54, 1.807) is 24.3 Å². The lowest BCUT2D eigenvalue weighted by Gasteiger charge is -2.09. The number of rotatable bonds is 3. The number of aliphatic carboxylic acids is 2. The van der Waals surface area contributed by atoms with E-state index in [1.807, 2.05) is 0 Å². The summed E-state index contributed by atoms with van der Waals surface area (Å²) in [7, 11) is 0. The zero-order valence-electron chi connectivity index (χ0n) is 9.65. The van der Waals surface area contributed by atoms with Crippen molar-refractivity contribution in [3.63, 3.8) is 0 Å². The second-order valence-electron chi connectivity index (χ2n) is 3.89. The minimum absolute atomic E-state index is 0.508. The fourth-order valence-electron chi connectivity index (χ4n) is 1.71. The molecule has 19 heavy (non-hydrogen) atoms. The number of hydrogen-bond acceptors (Lipinski definition) is 4. The summed E-state index contributed by atoms with van der Waals surface area (Å²) in [5, 5.41) is 17.8. The Morgan fingerprint density at radius 1 is 1.05 bits per heavy atom. The van der Waals surface area contributed by atoms with Gasteiger partial charge in [-0.25, -0.2) is 9.59 Å². The van der Waals surface area contributed by atoms with Crippen LogP contribution in [-0.4, -0.2) is 34.4 Å². The summed E-state index contributed by atoms with van der Waals surface area (Å²) in [6, 6.07) is 6.46. The van der Waals surface area contributed by atoms with Gasteiger partial charge in [0, 0.05) is 11.1 Å². The molecule has 6 nitrogen and oxygen atoms in total. The van der Waals surface area contributed by atoms with Gasteiger partial charge in [0.05, 0.1) is 0 Å². The van der Waals surface area contributed by atoms with Crippen molar-refractivity contribution in [2.45, 2.75) is 18.5 Å². The Bertz CT molecular complexity index is 519. The third-order valence-electron chi connectivity index (χ3n) is 2.65. The van der Waals surface area contributed by atoms with Crippen molar-refractivity contribution < 1.29 is 29.3 Å². The van der Waals surface area contributed by atoms with Gasteiger partial charge >= 0.3 is 11.9 Å². The zero-order valence-corrected chi connectivity index (χ0v) is 9.65. The molecule has 1 fully saturated rings. The van der Waals surface area contributed by atoms with Crippen LogP contribution in [0.5, 0.6) is 0 Å². The molecular weight excluding hydrogens is 252 g/mol. The molecule has 0 spiro atoms. The van der Waals surface area contributed by atoms with E-state index in [0.717, 1.165) is 0 Å². The first-order valence-corrected chi connectivity index (χ1v) is 5.36. The van der Waals surface area contributed by atoms with Crippen molar-refractivity contribution in [3.05, 3.63) is 35.4 Å². The van der Waals surface area contributed by atoms with Gasteiger partial charge in [0.15, 0.2) is 18.5 Å². The van der Waals surface area contributed by atoms with Crippen LogP contribution in [0.25, 0.3) is 0 Å². The van der Waals surface area contributed by atoms with Gasteiger partial charge < -0.3 is 19.7 Å². The van der Waals surface area contributed by atoms with Crippen molar-refractivity contribution in [1.82, 2.24) is 0 Å². The van der Waals surface area contributed by atoms with Gasteiger partial charge in [-0.2, -0.15) is 0 Å². The lowest BCUT2D eigenvalue weighted by atomic mass is 10.1. The Morgan fingerprint density at radius 3 is 1.89 bits per heavy atom. The Morgan fingerprint density at radius 2 is 1.53 bits per heavy atom. The maximum absolute atomic E-state index is 10.9. The molecule has 1 heterocycles. The largest absolute Gasteiger partial charge is 0.479 e. The number of benzene rings is 1. The fraction of sp³-hybridized carbons (Fsp3) is 0.231. The second kappa shape index (κ2) is 5.10. The normalized spacial score (nSPS) is 22.9. The molecule has 1 aromatic rings. The van der Waals surface area contributed by atoms with Gasteiger partial charge in [-0.1, -0.05) is 18.1 Å². The van der Waals surface area contributed by atoms with Gasteiger partial charge in [0.25, 0.3) is 0 Å². The highest BCUT2D eigenvalue weighted by Gasteiger charge is 2.45. The molecule has 6 heteroatoms. The Balaban J connectivity index is 2.21. The fourth-order valence-corrected chi connectivity index (χ4v) is 1.71. The number of carboxylic acids is 2. The Kier molecular flexibility index (Phi) is 3.51. The van der Waals surface area contributed by atoms with E-state index in [4.69, 9.17) is 26.1 Å². The van der Waals surface area contributed by atoms with E-state index in [2.05, 4.69) is 5.92 Å². The number of ether oxygens (including phenoxy) is 2. The summed E-state index contributed by atoms with van der Waals surface area (Å²) < 4.78 is 10.2. The second-order valence-corrected chi connectivity index (χ2v) is 3.89. The summed E-state index contributed by atoms with van der Waals surface area (Å²) in [5.74, 6) is -0.330. The lowest BCUT2D eigenvalue weighted by molar-refractivity contribution is -0.156. The van der Waals surface area contributed by atoms with Crippen LogP contribution in [-0.2, 0) is 19.1 Å². The maximum Gasteiger partial charge on any atom is 0.336 e. The summed E-state index contributed by atoms with van der Waals surface area (Å²) in [5.41, 5.74) is 1.15. The Hall–Kier alpha value is -2.36. The SMILES string of the molecule is C#Cc1ccc(C2O[C@@H](C(=O)O)[C@H](C(=O)O)O2)cc1. The predicted molar refractivity (Wildman–Crippen MR) is 62.1 cm³/mol. The Labute approximate surface area is 108 Å². The molecule has 0 bridgehead atoms. The summed E-state index contributed by atoms with van der Waals surface area (Å²) in [6.45, 7) is 0. The highest BCUT2D eigenvalue weighted by Crippen LogP contribution is 2.31. The molecule has 1 aliphatic rings. The van der Waals surface area contributed by atoms with Gasteiger partial charge in [0.1, 0.15) is 0 Å². The van der Waals surface area contributed by atoms with E-state index < -0.39 is 30.4 Å². The van der Waals surface area contributed by atoms with Crippen LogP contribution < -0.4 is 0 Å². The zero-order chi connectivity index (χ0) is 14.0. The maximum atomic E-state index is 10.9. The van der Waals surface area contributed by atoms with Gasteiger partial charge in [-0.05, 0) is 12.1 Å². The first-order valence-electron chi connectivity index (χ1n) is 5.36. The monoisotopic (exact) mass is 262 g/mol. The molecule has 2 N–H and O–H groups in total. The van der Waals surface area contributed by atoms with E-state index in [0.29, 0.717) is 11.1 Å². The molecule has 0 amide bonds. The average Bonchev–Trinajstić information content (AvgIpc) is 2.84. The van der Waals surface area contributed by atoms with Gasteiger partial charge in [-0.3, -0.25) is 0 Å². The molecule has 0 unspecified atom stereocenters. The lowest BCUT2D eigenvalue weighted by Crippen LogP contribution is -2.36. The van der Waals surface area contributed by atoms with Crippen LogP contribution in [0, 0.1) is 12.3 Å². The van der Waals surface area contributed by atoms with Crippen LogP contribution in [0.2, 0.25) is 0 Å². The first kappa shape index (κ1) is 13.1. The van der Waals surface area contributed by atoms with Crippen molar-refractivity contribution in [2.24, 2.45) is 0 Å². The number of hydrogen-bond donors (Lipinski definition) is 2. The number of carboxylic acid groups (broad SMARTS) is 2. The predicted octanol–water partition coefficient (Wildman–Crippen LogP) is 0.620. The average molecular weight is 262 g/mol. The summed E-state index contributed by atoms with van der Waals surface area (Å²) in [6.07, 6.45) is 1.11. The van der Waals surface area contributed by atoms with E-state index in [9.17, 15) is 9.59 Å². The van der Waals surface area contributed by atoms with E-state index in [-0.39, 0.29) is 0 Å². The highest BCUT2D eigenvalue weighted by molar-refractivity contribution is 5.84. The molecule has 1 aromatic carbocycles. The molecule has 2 atom stereocenters. The number of carbonyl (C=O) groups is 2. The van der Waals surface area contributed by atoms with Crippen molar-refractivity contribution in [2.75, 3.05) is 0 Å². The summed E-state index contributed by atoms with van der Waals surface area (Å²) in [4.78, 5) is 21.8. The van der Waals surface area contributed by atoms with Crippen LogP contribution in [0.3, 0.4) is 0 Å². The van der Waals surface area contributed by atoms with Crippen LogP contribution >= 0.6 is 0 Å². The molecule has 0 aromatic heterocycles. The van der Waals surface area contributed by atoms with Gasteiger partial charge in [-0.15, -0.1) is 6.42 Å². The van der Waals surface area contributed by atoms with Crippen molar-refractivity contribution in [3.8, 4) is 12.3 Å². The van der Waals surface area contributed by atoms with Crippen LogP contribution in [0.15, 0.2) is 24.3 Å². The third kappa shape index (κ3) is 2.57. The van der Waals surface area contributed by atoms with Gasteiger partial charge in [0.2, 0.25) is 0 Å². The summed E-state index contributed by atoms with van der Waals surface area (Å²) >= 11 is 0. The first-order chi connectivity index (χ1) is 9.02. The molecular formula is C13H10O6. The highest BCUT2D eigenvalue weighted by atomic mass is 16.7. The van der Waals surface area contributed by atoms with Crippen molar-refractivity contribution in [1.29, 1.82) is 0 Å². The number of terminal acetylenes is 1. The van der Waals surface area contributed by atoms with Crippen LogP contribution in [0.4, 0.5) is 0 Å². The molecule has 2 rings (SSSR count). The van der Waals surface area contributed by atoms with Crippen LogP contribution in [0.1, 0.15) is 17.4 Å². The van der Waals surface area contributed by atoms with E-state index in [1.165, 1.54) is 0 Å². The van der Waals surface area contributed by atoms with E-state index >= 15 is 0 Å². The third-order valence-corrected chi connectivity index (χ3v) is 2.65. The topological polar surface area (TPSA) is 93.1 Å². The molecule has 1 saturated heterocycles. The molecule has 1 aliphatic heterocycles. The minimum Gasteiger partial charge on any atom is -0.479 e. The minimum atomic E-state index is -1.53. The molecule has 98 valence electrons. The molecule has 0 radical (unpaired) electrons. The standard InChI is InChI=1S/C13H10O6/c1-2-7-3-5-8(6-4-7)13-18-9(11(14)15)10(19-13)12(16)17/h1,3-6,9-10,13H,(H,14,15)(H,16,17)/t9-,10-/m1/s1. The molecule has 0 aliphatic carbocycles.